The monoisotopic (exact) mass is 453 g/mol. The van der Waals surface area contributed by atoms with Crippen molar-refractivity contribution in [3.63, 3.8) is 0 Å². The van der Waals surface area contributed by atoms with Crippen LogP contribution in [0.5, 0.6) is 0 Å². The molecule has 32 heavy (non-hydrogen) atoms. The molecule has 1 amide bonds. The van der Waals surface area contributed by atoms with Crippen LogP contribution in [0.4, 0.5) is 8.78 Å². The van der Waals surface area contributed by atoms with Gasteiger partial charge in [0.2, 0.25) is 0 Å². The summed E-state index contributed by atoms with van der Waals surface area (Å²) in [5.74, 6) is -3.31. The van der Waals surface area contributed by atoms with Crippen LogP contribution in [0.25, 0.3) is 0 Å². The highest BCUT2D eigenvalue weighted by Gasteiger charge is 2.18. The van der Waals surface area contributed by atoms with E-state index in [4.69, 9.17) is 4.74 Å². The van der Waals surface area contributed by atoms with E-state index in [9.17, 15) is 18.4 Å². The molecule has 0 saturated carbocycles. The standard InChI is InChI=1S/C26H41F2NO3/c1-3-4-5-6-7-8-9-10-11-12-13-14-15-16-19-32-26(31)21(2)29-25(30)22-17-18-23(27)24(28)20-22/h17-18,20-21H,3-16,19H2,1-2H3,(H,29,30). The van der Waals surface area contributed by atoms with Gasteiger partial charge in [-0.15, -0.1) is 0 Å². The summed E-state index contributed by atoms with van der Waals surface area (Å²) >= 11 is 0. The van der Waals surface area contributed by atoms with Gasteiger partial charge in [-0.25, -0.2) is 13.6 Å². The second kappa shape index (κ2) is 17.6. The van der Waals surface area contributed by atoms with E-state index < -0.39 is 29.6 Å². The van der Waals surface area contributed by atoms with Crippen LogP contribution in [-0.2, 0) is 9.53 Å². The molecule has 4 nitrogen and oxygen atoms in total. The summed E-state index contributed by atoms with van der Waals surface area (Å²) in [6.45, 7) is 4.08. The Labute approximate surface area is 192 Å². The number of carbonyl (C=O) groups excluding carboxylic acids is 2. The molecule has 0 heterocycles. The van der Waals surface area contributed by atoms with Crippen molar-refractivity contribution in [3.05, 3.63) is 35.4 Å². The van der Waals surface area contributed by atoms with Crippen molar-refractivity contribution >= 4 is 11.9 Å². The first-order valence-corrected chi connectivity index (χ1v) is 12.4. The summed E-state index contributed by atoms with van der Waals surface area (Å²) in [6, 6.07) is 1.99. The third kappa shape index (κ3) is 12.8. The van der Waals surface area contributed by atoms with Gasteiger partial charge in [-0.3, -0.25) is 4.79 Å². The van der Waals surface area contributed by atoms with E-state index in [0.29, 0.717) is 6.61 Å². The summed E-state index contributed by atoms with van der Waals surface area (Å²) in [5, 5.41) is 2.44. The Morgan fingerprint density at radius 1 is 0.812 bits per heavy atom. The minimum Gasteiger partial charge on any atom is -0.464 e. The Balaban J connectivity index is 1.98. The number of hydrogen-bond acceptors (Lipinski definition) is 3. The van der Waals surface area contributed by atoms with Crippen molar-refractivity contribution in [1.29, 1.82) is 0 Å². The quantitative estimate of drug-likeness (QED) is 0.190. The predicted molar refractivity (Wildman–Crippen MR) is 125 cm³/mol. The molecule has 0 bridgehead atoms. The number of ether oxygens (including phenoxy) is 1. The Morgan fingerprint density at radius 2 is 1.31 bits per heavy atom. The Bertz CT molecular complexity index is 666. The van der Waals surface area contributed by atoms with E-state index >= 15 is 0 Å². The summed E-state index contributed by atoms with van der Waals surface area (Å²) < 4.78 is 31.4. The molecule has 0 fully saturated rings. The Morgan fingerprint density at radius 3 is 1.81 bits per heavy atom. The topological polar surface area (TPSA) is 55.4 Å². The largest absolute Gasteiger partial charge is 0.464 e. The number of esters is 1. The number of rotatable bonds is 18. The molecule has 0 aromatic heterocycles. The van der Waals surface area contributed by atoms with Crippen LogP contribution in [0.15, 0.2) is 18.2 Å². The molecule has 0 spiro atoms. The van der Waals surface area contributed by atoms with E-state index in [1.54, 1.807) is 0 Å². The maximum absolute atomic E-state index is 13.2. The summed E-state index contributed by atoms with van der Waals surface area (Å²) in [5.41, 5.74) is -0.0458. The maximum Gasteiger partial charge on any atom is 0.328 e. The van der Waals surface area contributed by atoms with Crippen molar-refractivity contribution in [2.75, 3.05) is 6.61 Å². The molecule has 1 aromatic carbocycles. The van der Waals surface area contributed by atoms with E-state index in [-0.39, 0.29) is 5.56 Å². The fourth-order valence-electron chi connectivity index (χ4n) is 3.57. The molecule has 0 aliphatic rings. The first-order chi connectivity index (χ1) is 15.5. The summed E-state index contributed by atoms with van der Waals surface area (Å²) in [7, 11) is 0. The van der Waals surface area contributed by atoms with Crippen LogP contribution in [-0.4, -0.2) is 24.5 Å². The van der Waals surface area contributed by atoms with Crippen LogP contribution in [0.3, 0.4) is 0 Å². The average molecular weight is 454 g/mol. The third-order valence-corrected chi connectivity index (χ3v) is 5.63. The SMILES string of the molecule is CCCCCCCCCCCCCCCCOC(=O)C(C)NC(=O)c1ccc(F)c(F)c1. The summed E-state index contributed by atoms with van der Waals surface area (Å²) in [6.07, 6.45) is 17.6. The van der Waals surface area contributed by atoms with Gasteiger partial charge in [-0.05, 0) is 31.5 Å². The van der Waals surface area contributed by atoms with E-state index in [2.05, 4.69) is 12.2 Å². The molecule has 0 aliphatic carbocycles. The first-order valence-electron chi connectivity index (χ1n) is 12.4. The third-order valence-electron chi connectivity index (χ3n) is 5.63. The number of benzene rings is 1. The van der Waals surface area contributed by atoms with Crippen LogP contribution < -0.4 is 5.32 Å². The Hall–Kier alpha value is -1.98. The highest BCUT2D eigenvalue weighted by Crippen LogP contribution is 2.13. The molecule has 1 rings (SSSR count). The van der Waals surface area contributed by atoms with Gasteiger partial charge in [0, 0.05) is 5.56 Å². The zero-order valence-electron chi connectivity index (χ0n) is 19.9. The maximum atomic E-state index is 13.2. The number of carbonyl (C=O) groups is 2. The number of unbranched alkanes of at least 4 members (excludes halogenated alkanes) is 13. The lowest BCUT2D eigenvalue weighted by Gasteiger charge is -2.13. The van der Waals surface area contributed by atoms with Gasteiger partial charge in [0.15, 0.2) is 11.6 Å². The normalized spacial score (nSPS) is 11.9. The van der Waals surface area contributed by atoms with Gasteiger partial charge in [0.05, 0.1) is 6.61 Å². The minimum atomic E-state index is -1.11. The predicted octanol–water partition coefficient (Wildman–Crippen LogP) is 7.11. The van der Waals surface area contributed by atoms with Crippen molar-refractivity contribution in [3.8, 4) is 0 Å². The van der Waals surface area contributed by atoms with E-state index in [1.807, 2.05) is 0 Å². The van der Waals surface area contributed by atoms with Gasteiger partial charge < -0.3 is 10.1 Å². The molecule has 1 N–H and O–H groups in total. The molecule has 1 aromatic rings. The van der Waals surface area contributed by atoms with Gasteiger partial charge in [0.25, 0.3) is 5.91 Å². The summed E-state index contributed by atoms with van der Waals surface area (Å²) in [4.78, 5) is 24.0. The molecule has 0 radical (unpaired) electrons. The second-order valence-electron chi connectivity index (χ2n) is 8.59. The molecule has 182 valence electrons. The fourth-order valence-corrected chi connectivity index (χ4v) is 3.57. The lowest BCUT2D eigenvalue weighted by Crippen LogP contribution is -2.39. The van der Waals surface area contributed by atoms with Crippen molar-refractivity contribution in [2.24, 2.45) is 0 Å². The van der Waals surface area contributed by atoms with E-state index in [1.165, 1.54) is 83.6 Å². The number of halogens is 2. The zero-order valence-corrected chi connectivity index (χ0v) is 19.9. The average Bonchev–Trinajstić information content (AvgIpc) is 2.77. The second-order valence-corrected chi connectivity index (χ2v) is 8.59. The van der Waals surface area contributed by atoms with Crippen LogP contribution >= 0.6 is 0 Å². The van der Waals surface area contributed by atoms with Crippen LogP contribution in [0.2, 0.25) is 0 Å². The first kappa shape index (κ1) is 28.1. The molecule has 6 heteroatoms. The van der Waals surface area contributed by atoms with Gasteiger partial charge in [0.1, 0.15) is 6.04 Å². The lowest BCUT2D eigenvalue weighted by atomic mass is 10.0. The van der Waals surface area contributed by atoms with Gasteiger partial charge in [-0.2, -0.15) is 0 Å². The Kier molecular flexibility index (Phi) is 15.4. The molecule has 1 unspecified atom stereocenters. The van der Waals surface area contributed by atoms with Crippen LogP contribution in [0.1, 0.15) is 114 Å². The molecular weight excluding hydrogens is 412 g/mol. The minimum absolute atomic E-state index is 0.0458. The van der Waals surface area contributed by atoms with Crippen molar-refractivity contribution in [1.82, 2.24) is 5.32 Å². The molecule has 0 saturated heterocycles. The molecule has 0 aliphatic heterocycles. The lowest BCUT2D eigenvalue weighted by molar-refractivity contribution is -0.145. The molecular formula is C26H41F2NO3. The number of nitrogens with one attached hydrogen (secondary N) is 1. The smallest absolute Gasteiger partial charge is 0.328 e. The van der Waals surface area contributed by atoms with Gasteiger partial charge >= 0.3 is 5.97 Å². The highest BCUT2D eigenvalue weighted by molar-refractivity contribution is 5.96. The zero-order chi connectivity index (χ0) is 23.6. The van der Waals surface area contributed by atoms with Gasteiger partial charge in [-0.1, -0.05) is 90.4 Å². The molecule has 1 atom stereocenters. The van der Waals surface area contributed by atoms with Crippen molar-refractivity contribution < 1.29 is 23.1 Å². The van der Waals surface area contributed by atoms with Crippen LogP contribution in [0, 0.1) is 11.6 Å². The van der Waals surface area contributed by atoms with E-state index in [0.717, 1.165) is 31.4 Å². The van der Waals surface area contributed by atoms with Crippen molar-refractivity contribution in [2.45, 2.75) is 110 Å². The highest BCUT2D eigenvalue weighted by atomic mass is 19.2. The number of amides is 1. The fraction of sp³-hybridized carbons (Fsp3) is 0.692. The number of hydrogen-bond donors (Lipinski definition) is 1.